The van der Waals surface area contributed by atoms with E-state index in [1.54, 1.807) is 6.07 Å². The van der Waals surface area contributed by atoms with E-state index in [9.17, 15) is 9.50 Å². The van der Waals surface area contributed by atoms with Crippen LogP contribution in [0.1, 0.15) is 0 Å². The first-order valence-electron chi connectivity index (χ1n) is 4.22. The lowest BCUT2D eigenvalue weighted by atomic mass is 10.3. The summed E-state index contributed by atoms with van der Waals surface area (Å²) in [5.41, 5.74) is 6.46. The van der Waals surface area contributed by atoms with E-state index in [-0.39, 0.29) is 15.9 Å². The van der Waals surface area contributed by atoms with Crippen LogP contribution in [0.3, 0.4) is 0 Å². The summed E-state index contributed by atoms with van der Waals surface area (Å²) in [6.07, 6.45) is 0. The fourth-order valence-corrected chi connectivity index (χ4v) is 1.23. The molecule has 88 valence electrons. The molecule has 0 heterocycles. The number of rotatable bonds is 3. The van der Waals surface area contributed by atoms with Crippen LogP contribution in [-0.2, 0) is 0 Å². The summed E-state index contributed by atoms with van der Waals surface area (Å²) in [4.78, 5) is 0. The largest absolute Gasteiger partial charge is 0.506 e. The molecule has 0 aliphatic rings. The lowest BCUT2D eigenvalue weighted by Crippen LogP contribution is -2.22. The standard InChI is InChI=1S/C9H7BrFN5O/c10-4-1-2-6(17)8(7(4)11)16-15-5(3-12)9(13)14/h1-2,16-17H,(H3,13,14)/b15-5+. The van der Waals surface area contributed by atoms with Crippen molar-refractivity contribution in [2.45, 2.75) is 0 Å². The Morgan fingerprint density at radius 2 is 2.29 bits per heavy atom. The Morgan fingerprint density at radius 3 is 2.82 bits per heavy atom. The molecule has 0 unspecified atom stereocenters. The van der Waals surface area contributed by atoms with E-state index in [0.717, 1.165) is 0 Å². The third kappa shape index (κ3) is 2.92. The molecule has 6 nitrogen and oxygen atoms in total. The molecule has 0 saturated heterocycles. The van der Waals surface area contributed by atoms with Gasteiger partial charge in [0.25, 0.3) is 0 Å². The zero-order valence-corrected chi connectivity index (χ0v) is 9.92. The highest BCUT2D eigenvalue weighted by molar-refractivity contribution is 9.10. The molecular weight excluding hydrogens is 293 g/mol. The molecule has 5 N–H and O–H groups in total. The third-order valence-corrected chi connectivity index (χ3v) is 2.33. The number of nitriles is 1. The SMILES string of the molecule is N#C/C(=N\Nc1c(O)ccc(Br)c1F)C(=N)N. The van der Waals surface area contributed by atoms with Gasteiger partial charge in [-0.25, -0.2) is 4.39 Å². The lowest BCUT2D eigenvalue weighted by molar-refractivity contribution is 0.471. The number of nitrogens with two attached hydrogens (primary N) is 1. The molecule has 0 radical (unpaired) electrons. The third-order valence-electron chi connectivity index (χ3n) is 1.71. The van der Waals surface area contributed by atoms with Gasteiger partial charge in [-0.15, -0.1) is 0 Å². The molecule has 0 spiro atoms. The highest BCUT2D eigenvalue weighted by Crippen LogP contribution is 2.31. The number of benzene rings is 1. The smallest absolute Gasteiger partial charge is 0.201 e. The number of hydrogen-bond acceptors (Lipinski definition) is 5. The van der Waals surface area contributed by atoms with E-state index >= 15 is 0 Å². The summed E-state index contributed by atoms with van der Waals surface area (Å²) in [6, 6.07) is 4.10. The maximum Gasteiger partial charge on any atom is 0.201 e. The van der Waals surface area contributed by atoms with Crippen LogP contribution < -0.4 is 11.2 Å². The molecule has 0 aliphatic carbocycles. The van der Waals surface area contributed by atoms with Crippen molar-refractivity contribution in [2.24, 2.45) is 10.8 Å². The zero-order chi connectivity index (χ0) is 13.0. The second-order valence-corrected chi connectivity index (χ2v) is 3.71. The molecule has 0 aromatic heterocycles. The van der Waals surface area contributed by atoms with Gasteiger partial charge in [-0.05, 0) is 28.1 Å². The number of nitrogens with one attached hydrogen (secondary N) is 2. The van der Waals surface area contributed by atoms with Crippen molar-refractivity contribution < 1.29 is 9.50 Å². The number of hydrogen-bond donors (Lipinski definition) is 4. The number of amidine groups is 1. The highest BCUT2D eigenvalue weighted by Gasteiger charge is 2.11. The summed E-state index contributed by atoms with van der Waals surface area (Å²) >= 11 is 2.93. The summed E-state index contributed by atoms with van der Waals surface area (Å²) in [5, 5.41) is 28.3. The maximum atomic E-state index is 13.5. The minimum Gasteiger partial charge on any atom is -0.506 e. The number of phenols is 1. The molecule has 1 aromatic rings. The average molecular weight is 300 g/mol. The molecule has 17 heavy (non-hydrogen) atoms. The van der Waals surface area contributed by atoms with Crippen molar-refractivity contribution in [1.82, 2.24) is 0 Å². The van der Waals surface area contributed by atoms with Gasteiger partial charge in [0.2, 0.25) is 5.71 Å². The molecule has 8 heteroatoms. The quantitative estimate of drug-likeness (QED) is 0.293. The monoisotopic (exact) mass is 299 g/mol. The number of aromatic hydroxyl groups is 1. The highest BCUT2D eigenvalue weighted by atomic mass is 79.9. The van der Waals surface area contributed by atoms with Crippen LogP contribution in [0, 0.1) is 22.6 Å². The second-order valence-electron chi connectivity index (χ2n) is 2.85. The van der Waals surface area contributed by atoms with E-state index in [0.29, 0.717) is 0 Å². The maximum absolute atomic E-state index is 13.5. The first-order valence-corrected chi connectivity index (χ1v) is 5.01. The predicted molar refractivity (Wildman–Crippen MR) is 64.3 cm³/mol. The van der Waals surface area contributed by atoms with Gasteiger partial charge in [-0.3, -0.25) is 10.8 Å². The van der Waals surface area contributed by atoms with Gasteiger partial charge >= 0.3 is 0 Å². The van der Waals surface area contributed by atoms with Gasteiger partial charge in [0.1, 0.15) is 17.5 Å². The van der Waals surface area contributed by atoms with Gasteiger partial charge in [-0.2, -0.15) is 10.4 Å². The van der Waals surface area contributed by atoms with E-state index in [2.05, 4.69) is 26.5 Å². The van der Waals surface area contributed by atoms with Gasteiger partial charge < -0.3 is 10.8 Å². The van der Waals surface area contributed by atoms with Crippen LogP contribution in [0.4, 0.5) is 10.1 Å². The molecule has 0 saturated carbocycles. The van der Waals surface area contributed by atoms with Crippen LogP contribution in [0.15, 0.2) is 21.7 Å². The molecule has 0 atom stereocenters. The van der Waals surface area contributed by atoms with Crippen LogP contribution in [0.25, 0.3) is 0 Å². The van der Waals surface area contributed by atoms with Crippen molar-refractivity contribution in [2.75, 3.05) is 5.43 Å². The normalized spacial score (nSPS) is 10.8. The van der Waals surface area contributed by atoms with E-state index in [1.807, 2.05) is 0 Å². The van der Waals surface area contributed by atoms with Gasteiger partial charge in [-0.1, -0.05) is 0 Å². The Morgan fingerprint density at radius 1 is 1.65 bits per heavy atom. The molecule has 1 rings (SSSR count). The Labute approximate surface area is 104 Å². The van der Waals surface area contributed by atoms with Crippen LogP contribution >= 0.6 is 15.9 Å². The first-order chi connectivity index (χ1) is 7.97. The van der Waals surface area contributed by atoms with Crippen molar-refractivity contribution in [3.63, 3.8) is 0 Å². The molecule has 0 bridgehead atoms. The van der Waals surface area contributed by atoms with E-state index in [4.69, 9.17) is 16.4 Å². The topological polar surface area (TPSA) is 118 Å². The van der Waals surface area contributed by atoms with Crippen molar-refractivity contribution in [3.05, 3.63) is 22.4 Å². The summed E-state index contributed by atoms with van der Waals surface area (Å²) < 4.78 is 13.6. The van der Waals surface area contributed by atoms with Crippen LogP contribution in [-0.4, -0.2) is 16.7 Å². The summed E-state index contributed by atoms with van der Waals surface area (Å²) in [7, 11) is 0. The first kappa shape index (κ1) is 12.9. The van der Waals surface area contributed by atoms with Gasteiger partial charge in [0, 0.05) is 0 Å². The Hall–Kier alpha value is -2.14. The van der Waals surface area contributed by atoms with Gasteiger partial charge in [0.05, 0.1) is 4.47 Å². The fraction of sp³-hybridized carbons (Fsp3) is 0. The second kappa shape index (κ2) is 5.27. The number of halogens is 2. The van der Waals surface area contributed by atoms with Crippen LogP contribution in [0.2, 0.25) is 0 Å². The molecule has 1 aromatic carbocycles. The zero-order valence-electron chi connectivity index (χ0n) is 8.33. The molecule has 0 amide bonds. The van der Waals surface area contributed by atoms with E-state index in [1.165, 1.54) is 12.1 Å². The number of phenolic OH excluding ortho intramolecular Hbond substituents is 1. The fourth-order valence-electron chi connectivity index (χ4n) is 0.904. The van der Waals surface area contributed by atoms with E-state index < -0.39 is 17.4 Å². The Balaban J connectivity index is 3.09. The number of hydrazone groups is 1. The molecule has 0 aliphatic heterocycles. The van der Waals surface area contributed by atoms with Crippen LogP contribution in [0.5, 0.6) is 5.75 Å². The average Bonchev–Trinajstić information content (AvgIpc) is 2.28. The minimum atomic E-state index is -0.769. The predicted octanol–water partition coefficient (Wildman–Crippen LogP) is 1.52. The summed E-state index contributed by atoms with van der Waals surface area (Å²) in [5.74, 6) is -1.71. The number of anilines is 1. The van der Waals surface area contributed by atoms with Crippen molar-refractivity contribution in [3.8, 4) is 11.8 Å². The Kier molecular flexibility index (Phi) is 4.01. The minimum absolute atomic E-state index is 0.120. The lowest BCUT2D eigenvalue weighted by Gasteiger charge is -2.06. The number of nitrogens with zero attached hydrogens (tertiary/aromatic N) is 2. The molecule has 0 fully saturated rings. The van der Waals surface area contributed by atoms with Crippen molar-refractivity contribution >= 4 is 33.2 Å². The van der Waals surface area contributed by atoms with Gasteiger partial charge in [0.15, 0.2) is 11.7 Å². The van der Waals surface area contributed by atoms with Crippen molar-refractivity contribution in [1.29, 1.82) is 10.7 Å². The Bertz CT molecular complexity index is 537. The molecular formula is C9H7BrFN5O. The summed E-state index contributed by atoms with van der Waals surface area (Å²) in [6.45, 7) is 0.